The maximum atomic E-state index is 6.51. The molecule has 2 heterocycles. The van der Waals surface area contributed by atoms with Gasteiger partial charge in [0.1, 0.15) is 0 Å². The van der Waals surface area contributed by atoms with E-state index in [9.17, 15) is 0 Å². The van der Waals surface area contributed by atoms with Gasteiger partial charge in [-0.1, -0.05) is 0 Å². The Balaban J connectivity index is 0.000000420. The first-order valence-electron chi connectivity index (χ1n) is 16.8. The van der Waals surface area contributed by atoms with Crippen LogP contribution >= 0.6 is 46.4 Å². The van der Waals surface area contributed by atoms with Crippen molar-refractivity contribution in [1.29, 1.82) is 0 Å². The van der Waals surface area contributed by atoms with Crippen LogP contribution in [0.15, 0.2) is 24.3 Å². The molecule has 0 amide bonds. The van der Waals surface area contributed by atoms with E-state index in [0.29, 0.717) is 20.6 Å². The van der Waals surface area contributed by atoms with Crippen LogP contribution in [0.4, 0.5) is 0 Å². The second kappa shape index (κ2) is 23.4. The predicted octanol–water partition coefficient (Wildman–Crippen LogP) is 12.9. The van der Waals surface area contributed by atoms with Crippen molar-refractivity contribution >= 4 is 90.3 Å². The number of unbranched alkanes of at least 4 members (excludes halogenated alkanes) is 6. The van der Waals surface area contributed by atoms with Crippen molar-refractivity contribution in [3.63, 3.8) is 0 Å². The summed E-state index contributed by atoms with van der Waals surface area (Å²) in [5.74, 6) is 0. The summed E-state index contributed by atoms with van der Waals surface area (Å²) in [5.41, 5.74) is 0. The quantitative estimate of drug-likeness (QED) is 0.0978. The molecule has 0 atom stereocenters. The molecule has 0 spiro atoms. The van der Waals surface area contributed by atoms with Crippen LogP contribution in [0.1, 0.15) is 119 Å². The molecule has 2 aromatic heterocycles. The number of aromatic nitrogens is 2. The number of hydrogen-bond donors (Lipinski definition) is 0. The third-order valence-corrected chi connectivity index (χ3v) is 42.0. The van der Waals surface area contributed by atoms with E-state index in [0.717, 1.165) is 0 Å². The van der Waals surface area contributed by atoms with Gasteiger partial charge >= 0.3 is 290 Å². The number of halogens is 4. The number of rotatable bonds is 20. The normalized spacial score (nSPS) is 11.9. The second-order valence-electron chi connectivity index (χ2n) is 12.1. The summed E-state index contributed by atoms with van der Waals surface area (Å²) in [6.45, 7) is 13.7. The van der Waals surface area contributed by atoms with Crippen molar-refractivity contribution < 1.29 is 0 Å². The van der Waals surface area contributed by atoms with Gasteiger partial charge < -0.3 is 0 Å². The van der Waals surface area contributed by atoms with Crippen LogP contribution in [-0.4, -0.2) is 46.7 Å². The van der Waals surface area contributed by atoms with E-state index in [1.807, 2.05) is 12.1 Å². The van der Waals surface area contributed by atoms with Crippen LogP contribution in [0.25, 0.3) is 0 Å². The molecule has 0 radical (unpaired) electrons. The Hall–Kier alpha value is 1.06. The average molecular weight is 874 g/mol. The molecule has 0 N–H and O–H groups in total. The Labute approximate surface area is 287 Å². The standard InChI is InChI=1S/2C5H2Cl2N.6C4H9.2Sn/c2*6-4-2-1-3-5(7)8-4;6*1-3-4-2;;/h2*1-2H;6*1,3-4H2,2H3;;. The fourth-order valence-electron chi connectivity index (χ4n) is 6.26. The van der Waals surface area contributed by atoms with Gasteiger partial charge in [0.25, 0.3) is 0 Å². The number of pyridine rings is 2. The van der Waals surface area contributed by atoms with Crippen molar-refractivity contribution in [2.24, 2.45) is 0 Å². The SMILES string of the molecule is CCC[CH2][Sn]([CH2]CCC)([CH2]CCC)[c]1ccc(Cl)nc1Cl.CCC[CH2][Sn]([CH2]CCC)([CH2]CCC)[c]1ccc(Cl)nc1Cl. The van der Waals surface area contributed by atoms with Gasteiger partial charge in [-0.2, -0.15) is 0 Å². The zero-order chi connectivity index (χ0) is 31.4. The van der Waals surface area contributed by atoms with E-state index in [1.165, 1.54) is 111 Å². The van der Waals surface area contributed by atoms with Crippen molar-refractivity contribution in [2.75, 3.05) is 0 Å². The van der Waals surface area contributed by atoms with Crippen LogP contribution in [0, 0.1) is 0 Å². The predicted molar refractivity (Wildman–Crippen MR) is 198 cm³/mol. The average Bonchev–Trinajstić information content (AvgIpc) is 2.97. The number of hydrogen-bond acceptors (Lipinski definition) is 2. The minimum atomic E-state index is -2.44. The van der Waals surface area contributed by atoms with Crippen LogP contribution in [0.5, 0.6) is 0 Å². The van der Waals surface area contributed by atoms with E-state index in [1.54, 1.807) is 0 Å². The summed E-state index contributed by atoms with van der Waals surface area (Å²) in [5, 5.41) is 2.43. The summed E-state index contributed by atoms with van der Waals surface area (Å²) < 4.78 is 11.3. The molecule has 42 heavy (non-hydrogen) atoms. The maximum absolute atomic E-state index is 6.51. The van der Waals surface area contributed by atoms with Gasteiger partial charge in [-0.15, -0.1) is 0 Å². The minimum absolute atomic E-state index is 0.519. The molecule has 0 aliphatic carbocycles. The summed E-state index contributed by atoms with van der Waals surface area (Å²) in [6.07, 6.45) is 15.7. The van der Waals surface area contributed by atoms with Crippen LogP contribution < -0.4 is 7.16 Å². The topological polar surface area (TPSA) is 25.8 Å². The van der Waals surface area contributed by atoms with Gasteiger partial charge in [0.2, 0.25) is 0 Å². The third-order valence-electron chi connectivity index (χ3n) is 8.83. The molecule has 0 bridgehead atoms. The molecule has 0 aromatic carbocycles. The van der Waals surface area contributed by atoms with Crippen LogP contribution in [0.3, 0.4) is 0 Å². The molecular weight excluding hydrogens is 816 g/mol. The first-order chi connectivity index (χ1) is 20.2. The van der Waals surface area contributed by atoms with Gasteiger partial charge in [0.05, 0.1) is 0 Å². The molecule has 0 aliphatic rings. The molecule has 0 unspecified atom stereocenters. The van der Waals surface area contributed by atoms with Crippen LogP contribution in [-0.2, 0) is 0 Å². The molecule has 0 saturated heterocycles. The molecule has 2 nitrogen and oxygen atoms in total. The summed E-state index contributed by atoms with van der Waals surface area (Å²) in [7, 11) is 0. The van der Waals surface area contributed by atoms with Crippen molar-refractivity contribution in [2.45, 2.75) is 145 Å². The molecule has 2 rings (SSSR count). The zero-order valence-electron chi connectivity index (χ0n) is 27.4. The molecule has 0 aliphatic heterocycles. The molecular formula is C34H58Cl4N2Sn2. The molecule has 0 fully saturated rings. The fourth-order valence-corrected chi connectivity index (χ4v) is 41.5. The van der Waals surface area contributed by atoms with Crippen molar-refractivity contribution in [1.82, 2.24) is 9.97 Å². The molecule has 240 valence electrons. The van der Waals surface area contributed by atoms with Crippen molar-refractivity contribution in [3.05, 3.63) is 44.9 Å². The Morgan fingerprint density at radius 2 is 0.667 bits per heavy atom. The Kier molecular flexibility index (Phi) is 22.9. The van der Waals surface area contributed by atoms with E-state index in [2.05, 4.69) is 63.6 Å². The van der Waals surface area contributed by atoms with Crippen molar-refractivity contribution in [3.8, 4) is 0 Å². The Morgan fingerprint density at radius 1 is 0.429 bits per heavy atom. The van der Waals surface area contributed by atoms with Gasteiger partial charge in [0.15, 0.2) is 0 Å². The van der Waals surface area contributed by atoms with E-state index in [4.69, 9.17) is 46.4 Å². The molecule has 8 heteroatoms. The molecule has 0 saturated carbocycles. The van der Waals surface area contributed by atoms with Gasteiger partial charge in [0, 0.05) is 0 Å². The fraction of sp³-hybridized carbons (Fsp3) is 0.706. The van der Waals surface area contributed by atoms with Gasteiger partial charge in [-0.05, 0) is 0 Å². The summed E-state index contributed by atoms with van der Waals surface area (Å²) in [6, 6.07) is 8.29. The first-order valence-corrected chi connectivity index (χ1v) is 33.3. The third kappa shape index (κ3) is 13.8. The zero-order valence-corrected chi connectivity index (χ0v) is 36.2. The van der Waals surface area contributed by atoms with E-state index in [-0.39, 0.29) is 0 Å². The first kappa shape index (κ1) is 41.1. The molecule has 2 aromatic rings. The Bertz CT molecular complexity index is 882. The summed E-state index contributed by atoms with van der Waals surface area (Å²) in [4.78, 5) is 8.69. The van der Waals surface area contributed by atoms with E-state index < -0.39 is 36.8 Å². The Morgan fingerprint density at radius 3 is 0.857 bits per heavy atom. The van der Waals surface area contributed by atoms with Gasteiger partial charge in [-0.25, -0.2) is 0 Å². The van der Waals surface area contributed by atoms with E-state index >= 15 is 0 Å². The van der Waals surface area contributed by atoms with Crippen LogP contribution in [0.2, 0.25) is 47.2 Å². The van der Waals surface area contributed by atoms with Gasteiger partial charge in [-0.3, -0.25) is 0 Å². The summed E-state index contributed by atoms with van der Waals surface area (Å²) >= 11 is 20.1. The number of nitrogens with zero attached hydrogens (tertiary/aromatic N) is 2. The second-order valence-corrected chi connectivity index (χ2v) is 39.9. The monoisotopic (exact) mass is 874 g/mol.